The number of carbonyl (C=O) groups is 1. The van der Waals surface area contributed by atoms with Crippen LogP contribution in [0.15, 0.2) is 0 Å². The Morgan fingerprint density at radius 2 is 2.33 bits per heavy atom. The smallest absolute Gasteiger partial charge is 0.310 e. The SMILES string of the molecule is COC1CCNCC1C(=O)O.Cl. The minimum atomic E-state index is -0.774. The summed E-state index contributed by atoms with van der Waals surface area (Å²) in [6.45, 7) is 1.37. The van der Waals surface area contributed by atoms with Crippen LogP contribution < -0.4 is 5.32 Å². The Morgan fingerprint density at radius 3 is 2.75 bits per heavy atom. The van der Waals surface area contributed by atoms with Crippen LogP contribution in [0.3, 0.4) is 0 Å². The third-order valence-electron chi connectivity index (χ3n) is 2.04. The Balaban J connectivity index is 0.00000121. The van der Waals surface area contributed by atoms with Crippen LogP contribution in [0, 0.1) is 5.92 Å². The molecule has 0 saturated carbocycles. The molecule has 0 spiro atoms. The van der Waals surface area contributed by atoms with Crippen molar-refractivity contribution in [2.75, 3.05) is 20.2 Å². The third-order valence-corrected chi connectivity index (χ3v) is 2.04. The van der Waals surface area contributed by atoms with Gasteiger partial charge in [0.25, 0.3) is 0 Å². The van der Waals surface area contributed by atoms with E-state index in [0.29, 0.717) is 6.54 Å². The van der Waals surface area contributed by atoms with Gasteiger partial charge >= 0.3 is 5.97 Å². The van der Waals surface area contributed by atoms with Crippen LogP contribution in [-0.4, -0.2) is 37.4 Å². The molecule has 5 heteroatoms. The van der Waals surface area contributed by atoms with E-state index in [4.69, 9.17) is 9.84 Å². The van der Waals surface area contributed by atoms with E-state index in [9.17, 15) is 4.79 Å². The topological polar surface area (TPSA) is 58.6 Å². The summed E-state index contributed by atoms with van der Waals surface area (Å²) >= 11 is 0. The monoisotopic (exact) mass is 195 g/mol. The Labute approximate surface area is 77.7 Å². The molecule has 0 radical (unpaired) electrons. The standard InChI is InChI=1S/C7H13NO3.ClH/c1-11-6-2-3-8-4-5(6)7(9)10;/h5-6,8H,2-4H2,1H3,(H,9,10);1H. The first-order chi connectivity index (χ1) is 5.25. The predicted octanol–water partition coefficient (Wildman–Crippen LogP) is 0.117. The molecule has 2 N–H and O–H groups in total. The van der Waals surface area contributed by atoms with Crippen LogP contribution in [0.2, 0.25) is 0 Å². The molecular formula is C7H14ClNO3. The molecule has 1 heterocycles. The molecule has 1 saturated heterocycles. The van der Waals surface area contributed by atoms with E-state index in [1.807, 2.05) is 0 Å². The number of hydrogen-bond donors (Lipinski definition) is 2. The fourth-order valence-corrected chi connectivity index (χ4v) is 1.36. The van der Waals surface area contributed by atoms with E-state index < -0.39 is 5.97 Å². The van der Waals surface area contributed by atoms with Crippen molar-refractivity contribution in [3.8, 4) is 0 Å². The summed E-state index contributed by atoms with van der Waals surface area (Å²) in [6, 6.07) is 0. The van der Waals surface area contributed by atoms with Gasteiger partial charge in [-0.1, -0.05) is 0 Å². The number of carboxylic acids is 1. The van der Waals surface area contributed by atoms with Gasteiger partial charge in [-0.05, 0) is 13.0 Å². The number of aliphatic carboxylic acids is 1. The fraction of sp³-hybridized carbons (Fsp3) is 0.857. The highest BCUT2D eigenvalue weighted by Gasteiger charge is 2.30. The summed E-state index contributed by atoms with van der Waals surface area (Å²) in [5.41, 5.74) is 0. The van der Waals surface area contributed by atoms with Gasteiger partial charge in [0.1, 0.15) is 0 Å². The highest BCUT2D eigenvalue weighted by atomic mass is 35.5. The van der Waals surface area contributed by atoms with Crippen molar-refractivity contribution in [2.24, 2.45) is 5.92 Å². The maximum Gasteiger partial charge on any atom is 0.310 e. The molecule has 1 rings (SSSR count). The molecule has 4 nitrogen and oxygen atoms in total. The van der Waals surface area contributed by atoms with Gasteiger partial charge in [0, 0.05) is 13.7 Å². The third kappa shape index (κ3) is 2.62. The van der Waals surface area contributed by atoms with Crippen molar-refractivity contribution >= 4 is 18.4 Å². The summed E-state index contributed by atoms with van der Waals surface area (Å²) in [5.74, 6) is -1.15. The maximum absolute atomic E-state index is 10.6. The molecule has 0 aromatic heterocycles. The van der Waals surface area contributed by atoms with E-state index >= 15 is 0 Å². The molecule has 2 atom stereocenters. The molecule has 1 aliphatic heterocycles. The van der Waals surface area contributed by atoms with E-state index in [1.54, 1.807) is 7.11 Å². The van der Waals surface area contributed by atoms with Crippen molar-refractivity contribution < 1.29 is 14.6 Å². The minimum Gasteiger partial charge on any atom is -0.481 e. The molecular weight excluding hydrogens is 182 g/mol. The molecule has 12 heavy (non-hydrogen) atoms. The lowest BCUT2D eigenvalue weighted by molar-refractivity contribution is -0.147. The highest BCUT2D eigenvalue weighted by Crippen LogP contribution is 2.14. The first kappa shape index (κ1) is 11.7. The largest absolute Gasteiger partial charge is 0.481 e. The van der Waals surface area contributed by atoms with Crippen molar-refractivity contribution in [3.63, 3.8) is 0 Å². The predicted molar refractivity (Wildman–Crippen MR) is 46.7 cm³/mol. The van der Waals surface area contributed by atoms with Crippen LogP contribution in [0.25, 0.3) is 0 Å². The van der Waals surface area contributed by atoms with Crippen molar-refractivity contribution in [3.05, 3.63) is 0 Å². The number of methoxy groups -OCH3 is 1. The number of nitrogens with one attached hydrogen (secondary N) is 1. The molecule has 0 bridgehead atoms. The van der Waals surface area contributed by atoms with Gasteiger partial charge in [0.15, 0.2) is 0 Å². The lowest BCUT2D eigenvalue weighted by atomic mass is 9.96. The first-order valence-corrected chi connectivity index (χ1v) is 3.72. The second kappa shape index (κ2) is 5.35. The van der Waals surface area contributed by atoms with E-state index in [1.165, 1.54) is 0 Å². The van der Waals surface area contributed by atoms with E-state index in [0.717, 1.165) is 13.0 Å². The second-order valence-electron chi connectivity index (χ2n) is 2.71. The molecule has 1 aliphatic rings. The van der Waals surface area contributed by atoms with Crippen molar-refractivity contribution in [1.29, 1.82) is 0 Å². The molecule has 1 fully saturated rings. The van der Waals surface area contributed by atoms with Gasteiger partial charge < -0.3 is 15.2 Å². The number of rotatable bonds is 2. The van der Waals surface area contributed by atoms with Crippen LogP contribution in [-0.2, 0) is 9.53 Å². The molecule has 0 aliphatic carbocycles. The number of ether oxygens (including phenoxy) is 1. The van der Waals surface area contributed by atoms with Gasteiger partial charge in [-0.2, -0.15) is 0 Å². The van der Waals surface area contributed by atoms with Gasteiger partial charge in [0.2, 0.25) is 0 Å². The molecule has 72 valence electrons. The number of hydrogen-bond acceptors (Lipinski definition) is 3. The van der Waals surface area contributed by atoms with Crippen LogP contribution in [0.5, 0.6) is 0 Å². The molecule has 0 aromatic carbocycles. The van der Waals surface area contributed by atoms with Gasteiger partial charge in [-0.15, -0.1) is 12.4 Å². The van der Waals surface area contributed by atoms with Gasteiger partial charge in [-0.25, -0.2) is 0 Å². The lowest BCUT2D eigenvalue weighted by Crippen LogP contribution is -2.44. The lowest BCUT2D eigenvalue weighted by Gasteiger charge is -2.27. The summed E-state index contributed by atoms with van der Waals surface area (Å²) in [7, 11) is 1.56. The normalized spacial score (nSPS) is 29.1. The Kier molecular flexibility index (Phi) is 5.20. The van der Waals surface area contributed by atoms with Gasteiger partial charge in [0.05, 0.1) is 12.0 Å². The average molecular weight is 196 g/mol. The van der Waals surface area contributed by atoms with E-state index in [-0.39, 0.29) is 24.4 Å². The number of carboxylic acid groups (broad SMARTS) is 1. The summed E-state index contributed by atoms with van der Waals surface area (Å²) < 4.78 is 5.04. The van der Waals surface area contributed by atoms with Crippen LogP contribution >= 0.6 is 12.4 Å². The maximum atomic E-state index is 10.6. The fourth-order valence-electron chi connectivity index (χ4n) is 1.36. The average Bonchev–Trinajstić information content (AvgIpc) is 2.04. The zero-order valence-corrected chi connectivity index (χ0v) is 7.76. The zero-order chi connectivity index (χ0) is 8.27. The summed E-state index contributed by atoms with van der Waals surface area (Å²) in [4.78, 5) is 10.6. The Morgan fingerprint density at radius 1 is 1.67 bits per heavy atom. The minimum absolute atomic E-state index is 0. The Bertz CT molecular complexity index is 154. The van der Waals surface area contributed by atoms with E-state index in [2.05, 4.69) is 5.32 Å². The van der Waals surface area contributed by atoms with Crippen LogP contribution in [0.1, 0.15) is 6.42 Å². The second-order valence-corrected chi connectivity index (χ2v) is 2.71. The van der Waals surface area contributed by atoms with Crippen LogP contribution in [0.4, 0.5) is 0 Å². The summed E-state index contributed by atoms with van der Waals surface area (Å²) in [5, 5.41) is 11.7. The molecule has 0 aromatic rings. The van der Waals surface area contributed by atoms with Crippen molar-refractivity contribution in [1.82, 2.24) is 5.32 Å². The van der Waals surface area contributed by atoms with Gasteiger partial charge in [-0.3, -0.25) is 4.79 Å². The number of halogens is 1. The Hall–Kier alpha value is -0.320. The molecule has 2 unspecified atom stereocenters. The zero-order valence-electron chi connectivity index (χ0n) is 6.95. The molecule has 0 amide bonds. The number of piperidine rings is 1. The first-order valence-electron chi connectivity index (χ1n) is 3.72. The summed E-state index contributed by atoms with van der Waals surface area (Å²) in [6.07, 6.45) is 0.668. The highest BCUT2D eigenvalue weighted by molar-refractivity contribution is 5.85. The quantitative estimate of drug-likeness (QED) is 0.657. The van der Waals surface area contributed by atoms with Crippen molar-refractivity contribution in [2.45, 2.75) is 12.5 Å².